The SMILES string of the molecule is Cc1sc(Br)cc1S(=O)(=O)N1CCC2CCCCC21. The highest BCUT2D eigenvalue weighted by Gasteiger charge is 2.42. The van der Waals surface area contributed by atoms with Gasteiger partial charge in [0.05, 0.1) is 8.68 Å². The van der Waals surface area contributed by atoms with Crippen LogP contribution in [0.1, 0.15) is 37.0 Å². The first-order chi connectivity index (χ1) is 9.00. The molecule has 1 saturated heterocycles. The van der Waals surface area contributed by atoms with Crippen molar-refractivity contribution in [2.24, 2.45) is 5.92 Å². The second-order valence-corrected chi connectivity index (χ2v) is 9.98. The molecule has 6 heteroatoms. The molecule has 3 rings (SSSR count). The molecular formula is C13H18BrNO2S2. The van der Waals surface area contributed by atoms with Crippen LogP contribution in [0, 0.1) is 12.8 Å². The second-order valence-electron chi connectivity index (χ2n) is 5.49. The third-order valence-electron chi connectivity index (χ3n) is 4.39. The van der Waals surface area contributed by atoms with Crippen LogP contribution in [0.2, 0.25) is 0 Å². The fourth-order valence-electron chi connectivity index (χ4n) is 3.47. The summed E-state index contributed by atoms with van der Waals surface area (Å²) in [5, 5.41) is 0. The molecule has 1 aromatic heterocycles. The fraction of sp³-hybridized carbons (Fsp3) is 0.692. The molecule has 2 aliphatic rings. The van der Waals surface area contributed by atoms with Crippen LogP contribution in [0.25, 0.3) is 0 Å². The average Bonchev–Trinajstić information content (AvgIpc) is 2.93. The first-order valence-electron chi connectivity index (χ1n) is 6.78. The van der Waals surface area contributed by atoms with E-state index >= 15 is 0 Å². The molecule has 19 heavy (non-hydrogen) atoms. The lowest BCUT2D eigenvalue weighted by atomic mass is 9.86. The number of sulfonamides is 1. The van der Waals surface area contributed by atoms with Crippen molar-refractivity contribution in [1.29, 1.82) is 0 Å². The van der Waals surface area contributed by atoms with Gasteiger partial charge in [0.1, 0.15) is 0 Å². The molecule has 0 bridgehead atoms. The molecule has 1 saturated carbocycles. The normalized spacial score (nSPS) is 28.5. The summed E-state index contributed by atoms with van der Waals surface area (Å²) >= 11 is 4.88. The largest absolute Gasteiger partial charge is 0.244 e. The highest BCUT2D eigenvalue weighted by Crippen LogP contribution is 2.41. The molecule has 0 amide bonds. The summed E-state index contributed by atoms with van der Waals surface area (Å²) in [5.41, 5.74) is 0. The number of hydrogen-bond donors (Lipinski definition) is 0. The molecule has 3 nitrogen and oxygen atoms in total. The van der Waals surface area contributed by atoms with Crippen LogP contribution in [0.15, 0.2) is 14.7 Å². The molecule has 2 unspecified atom stereocenters. The zero-order valence-corrected chi connectivity index (χ0v) is 14.2. The third kappa shape index (κ3) is 2.41. The number of hydrogen-bond acceptors (Lipinski definition) is 3. The van der Waals surface area contributed by atoms with Crippen LogP contribution in [0.3, 0.4) is 0 Å². The van der Waals surface area contributed by atoms with E-state index in [4.69, 9.17) is 0 Å². The maximum absolute atomic E-state index is 12.8. The van der Waals surface area contributed by atoms with Crippen LogP contribution in [0.5, 0.6) is 0 Å². The summed E-state index contributed by atoms with van der Waals surface area (Å²) in [5.74, 6) is 0.589. The summed E-state index contributed by atoms with van der Waals surface area (Å²) in [6.45, 7) is 2.58. The zero-order valence-electron chi connectivity index (χ0n) is 10.9. The minimum atomic E-state index is -3.31. The summed E-state index contributed by atoms with van der Waals surface area (Å²) in [7, 11) is -3.31. The van der Waals surface area contributed by atoms with Crippen LogP contribution in [-0.2, 0) is 10.0 Å². The average molecular weight is 364 g/mol. The van der Waals surface area contributed by atoms with Gasteiger partial charge in [0, 0.05) is 17.5 Å². The van der Waals surface area contributed by atoms with E-state index in [2.05, 4.69) is 15.9 Å². The first kappa shape index (κ1) is 14.0. The summed E-state index contributed by atoms with van der Waals surface area (Å²) < 4.78 is 28.3. The van der Waals surface area contributed by atoms with E-state index in [9.17, 15) is 8.42 Å². The smallest absolute Gasteiger partial charge is 0.207 e. The van der Waals surface area contributed by atoms with Crippen molar-refractivity contribution in [2.45, 2.75) is 50.0 Å². The van der Waals surface area contributed by atoms with E-state index in [1.807, 2.05) is 6.92 Å². The lowest BCUT2D eigenvalue weighted by Crippen LogP contribution is -2.39. The van der Waals surface area contributed by atoms with Crippen LogP contribution in [-0.4, -0.2) is 25.3 Å². The standard InChI is InChI=1S/C13H18BrNO2S2/c1-9-12(8-13(14)18-9)19(16,17)15-7-6-10-4-2-3-5-11(10)15/h8,10-11H,2-7H2,1H3. The Balaban J connectivity index is 1.94. The topological polar surface area (TPSA) is 37.4 Å². The number of fused-ring (bicyclic) bond motifs is 1. The lowest BCUT2D eigenvalue weighted by molar-refractivity contribution is 0.260. The zero-order chi connectivity index (χ0) is 13.6. The highest BCUT2D eigenvalue weighted by molar-refractivity contribution is 9.11. The van der Waals surface area contributed by atoms with Gasteiger partial charge in [-0.1, -0.05) is 12.8 Å². The van der Waals surface area contributed by atoms with E-state index in [0.29, 0.717) is 17.4 Å². The quantitative estimate of drug-likeness (QED) is 0.801. The molecule has 0 spiro atoms. The van der Waals surface area contributed by atoms with E-state index in [1.165, 1.54) is 30.6 Å². The van der Waals surface area contributed by atoms with Gasteiger partial charge in [0.25, 0.3) is 0 Å². The number of nitrogens with zero attached hydrogens (tertiary/aromatic N) is 1. The molecule has 0 aromatic carbocycles. The van der Waals surface area contributed by atoms with Crippen LogP contribution in [0.4, 0.5) is 0 Å². The minimum Gasteiger partial charge on any atom is -0.207 e. The molecule has 2 fully saturated rings. The highest BCUT2D eigenvalue weighted by atomic mass is 79.9. The van der Waals surface area contributed by atoms with Crippen molar-refractivity contribution in [3.8, 4) is 0 Å². The van der Waals surface area contributed by atoms with Gasteiger partial charge in [-0.2, -0.15) is 4.31 Å². The Hall–Kier alpha value is 0.0900. The second kappa shape index (κ2) is 5.13. The Labute approximate surface area is 127 Å². The van der Waals surface area contributed by atoms with Crippen molar-refractivity contribution in [3.63, 3.8) is 0 Å². The van der Waals surface area contributed by atoms with E-state index < -0.39 is 10.0 Å². The van der Waals surface area contributed by atoms with Crippen molar-refractivity contribution in [2.75, 3.05) is 6.54 Å². The number of halogens is 1. The van der Waals surface area contributed by atoms with Gasteiger partial charge in [-0.05, 0) is 54.1 Å². The maximum Gasteiger partial charge on any atom is 0.244 e. The Morgan fingerprint density at radius 2 is 2.05 bits per heavy atom. The number of aryl methyl sites for hydroxylation is 1. The Kier molecular flexibility index (Phi) is 3.79. The Morgan fingerprint density at radius 1 is 1.32 bits per heavy atom. The van der Waals surface area contributed by atoms with E-state index in [-0.39, 0.29) is 6.04 Å². The Bertz CT molecular complexity index is 581. The monoisotopic (exact) mass is 363 g/mol. The van der Waals surface area contributed by atoms with Gasteiger partial charge < -0.3 is 0 Å². The predicted molar refractivity (Wildman–Crippen MR) is 81.0 cm³/mol. The van der Waals surface area contributed by atoms with Gasteiger partial charge in [-0.15, -0.1) is 11.3 Å². The van der Waals surface area contributed by atoms with Gasteiger partial charge >= 0.3 is 0 Å². The Morgan fingerprint density at radius 3 is 2.74 bits per heavy atom. The van der Waals surface area contributed by atoms with Crippen LogP contribution >= 0.6 is 27.3 Å². The summed E-state index contributed by atoms with van der Waals surface area (Å²) in [6, 6.07) is 2.00. The molecule has 0 radical (unpaired) electrons. The predicted octanol–water partition coefficient (Wildman–Crippen LogP) is 3.77. The summed E-state index contributed by atoms with van der Waals surface area (Å²) in [4.78, 5) is 1.38. The van der Waals surface area contributed by atoms with Gasteiger partial charge in [0.2, 0.25) is 10.0 Å². The number of thiophene rings is 1. The molecule has 0 N–H and O–H groups in total. The van der Waals surface area contributed by atoms with E-state index in [1.54, 1.807) is 10.4 Å². The third-order valence-corrected chi connectivity index (χ3v) is 8.12. The molecule has 1 aromatic rings. The first-order valence-corrected chi connectivity index (χ1v) is 9.83. The number of rotatable bonds is 2. The van der Waals surface area contributed by atoms with Gasteiger partial charge in [-0.3, -0.25) is 0 Å². The maximum atomic E-state index is 12.8. The van der Waals surface area contributed by atoms with Gasteiger partial charge in [-0.25, -0.2) is 8.42 Å². The van der Waals surface area contributed by atoms with Crippen LogP contribution < -0.4 is 0 Å². The van der Waals surface area contributed by atoms with Gasteiger partial charge in [0.15, 0.2) is 0 Å². The van der Waals surface area contributed by atoms with Crippen molar-refractivity contribution in [1.82, 2.24) is 4.31 Å². The van der Waals surface area contributed by atoms with Crippen molar-refractivity contribution < 1.29 is 8.42 Å². The molecule has 1 aliphatic heterocycles. The van der Waals surface area contributed by atoms with Crippen molar-refractivity contribution in [3.05, 3.63) is 14.7 Å². The minimum absolute atomic E-state index is 0.247. The molecule has 1 aliphatic carbocycles. The molecule has 2 heterocycles. The van der Waals surface area contributed by atoms with E-state index in [0.717, 1.165) is 21.5 Å². The van der Waals surface area contributed by atoms with Crippen molar-refractivity contribution >= 4 is 37.3 Å². The molecule has 106 valence electrons. The fourth-order valence-corrected chi connectivity index (χ4v) is 7.59. The molecular weight excluding hydrogens is 346 g/mol. The lowest BCUT2D eigenvalue weighted by Gasteiger charge is -2.30. The molecule has 2 atom stereocenters. The summed E-state index contributed by atoms with van der Waals surface area (Å²) in [6.07, 6.45) is 5.70.